The molecule has 0 fully saturated rings. The molecule has 3 aromatic heterocycles. The van der Waals surface area contributed by atoms with Crippen LogP contribution in [0.25, 0.3) is 111 Å². The van der Waals surface area contributed by atoms with Gasteiger partial charge in [-0.2, -0.15) is 0 Å². The molecule has 4 heterocycles. The molecule has 284 valence electrons. The van der Waals surface area contributed by atoms with Gasteiger partial charge < -0.3 is 13.9 Å². The van der Waals surface area contributed by atoms with Crippen molar-refractivity contribution in [2.24, 2.45) is 0 Å². The number of nitrogens with zero attached hydrogens (tertiary/aromatic N) is 5. The van der Waals surface area contributed by atoms with Crippen LogP contribution >= 0.6 is 0 Å². The molecule has 0 saturated heterocycles. The summed E-state index contributed by atoms with van der Waals surface area (Å²) in [5.41, 5.74) is 11.7. The Kier molecular flexibility index (Phi) is 7.21. The molecular formula is C55H33N5O. The summed E-state index contributed by atoms with van der Waals surface area (Å²) in [6.07, 6.45) is 0. The Hall–Kier alpha value is -8.35. The lowest BCUT2D eigenvalue weighted by atomic mass is 9.92. The standard InChI is InChI=1S/C55H33N5O/c1-4-15-34(16-5-1)53-56-54(35-17-6-2-7-18-35)58-55(57-53)43-29-30-50-52-41(23-14-24-42(43)52)40-28-27-37(31-51(40)61-50)60-47-26-13-11-22-39(47)45-32-44-38-21-10-12-25-46(38)59(48(44)33-49(45)60)36-19-8-3-9-20-36/h1-33H. The van der Waals surface area contributed by atoms with E-state index < -0.39 is 0 Å². The van der Waals surface area contributed by atoms with Crippen LogP contribution < -0.4 is 4.74 Å². The van der Waals surface area contributed by atoms with Gasteiger partial charge in [-0.05, 0) is 71.6 Å². The van der Waals surface area contributed by atoms with E-state index in [0.29, 0.717) is 17.5 Å². The number of aromatic nitrogens is 5. The first-order valence-corrected chi connectivity index (χ1v) is 20.5. The topological polar surface area (TPSA) is 57.8 Å². The second-order valence-corrected chi connectivity index (χ2v) is 15.6. The maximum Gasteiger partial charge on any atom is 0.164 e. The number of benzene rings is 9. The van der Waals surface area contributed by atoms with Crippen molar-refractivity contribution in [3.8, 4) is 68.2 Å². The second kappa shape index (κ2) is 13.1. The molecule has 0 saturated carbocycles. The van der Waals surface area contributed by atoms with Crippen LogP contribution in [0.4, 0.5) is 0 Å². The van der Waals surface area contributed by atoms with Gasteiger partial charge in [0.15, 0.2) is 17.5 Å². The Bertz CT molecular complexity index is 3660. The largest absolute Gasteiger partial charge is 0.456 e. The summed E-state index contributed by atoms with van der Waals surface area (Å²) in [5.74, 6) is 3.49. The van der Waals surface area contributed by atoms with Crippen molar-refractivity contribution in [1.29, 1.82) is 0 Å². The fourth-order valence-corrected chi connectivity index (χ4v) is 9.45. The fourth-order valence-electron chi connectivity index (χ4n) is 9.45. The van der Waals surface area contributed by atoms with Crippen LogP contribution in [0.2, 0.25) is 0 Å². The summed E-state index contributed by atoms with van der Waals surface area (Å²) in [6, 6.07) is 70.2. The fraction of sp³-hybridized carbons (Fsp3) is 0. The molecule has 6 heteroatoms. The monoisotopic (exact) mass is 779 g/mol. The molecule has 9 aromatic carbocycles. The van der Waals surface area contributed by atoms with E-state index in [-0.39, 0.29) is 0 Å². The zero-order valence-corrected chi connectivity index (χ0v) is 32.7. The van der Waals surface area contributed by atoms with Crippen LogP contribution in [-0.4, -0.2) is 24.1 Å². The lowest BCUT2D eigenvalue weighted by molar-refractivity contribution is 0.487. The predicted molar refractivity (Wildman–Crippen MR) is 248 cm³/mol. The van der Waals surface area contributed by atoms with Gasteiger partial charge in [-0.1, -0.05) is 133 Å². The molecule has 0 N–H and O–H groups in total. The molecule has 1 aliphatic heterocycles. The molecule has 0 bridgehead atoms. The van der Waals surface area contributed by atoms with Crippen LogP contribution in [0.3, 0.4) is 0 Å². The maximum absolute atomic E-state index is 6.91. The molecule has 0 unspecified atom stereocenters. The molecular weight excluding hydrogens is 747 g/mol. The smallest absolute Gasteiger partial charge is 0.164 e. The first-order valence-electron chi connectivity index (χ1n) is 20.5. The molecule has 61 heavy (non-hydrogen) atoms. The minimum absolute atomic E-state index is 0.615. The molecule has 13 rings (SSSR count). The Morgan fingerprint density at radius 1 is 0.311 bits per heavy atom. The number of hydrogen-bond acceptors (Lipinski definition) is 4. The lowest BCUT2D eigenvalue weighted by Crippen LogP contribution is -2.03. The van der Waals surface area contributed by atoms with E-state index in [4.69, 9.17) is 19.7 Å². The van der Waals surface area contributed by atoms with Crippen LogP contribution in [0.5, 0.6) is 11.5 Å². The van der Waals surface area contributed by atoms with Crippen molar-refractivity contribution in [2.45, 2.75) is 0 Å². The number of fused-ring (bicyclic) bond motifs is 8. The Balaban J connectivity index is 0.984. The minimum atomic E-state index is 0.615. The lowest BCUT2D eigenvalue weighted by Gasteiger charge is -2.23. The highest BCUT2D eigenvalue weighted by Crippen LogP contribution is 2.50. The summed E-state index contributed by atoms with van der Waals surface area (Å²) in [4.78, 5) is 15.1. The number of hydrogen-bond donors (Lipinski definition) is 0. The molecule has 1 aliphatic rings. The molecule has 6 nitrogen and oxygen atoms in total. The summed E-state index contributed by atoms with van der Waals surface area (Å²) < 4.78 is 11.7. The van der Waals surface area contributed by atoms with Crippen molar-refractivity contribution < 1.29 is 4.74 Å². The minimum Gasteiger partial charge on any atom is -0.456 e. The number of rotatable bonds is 5. The van der Waals surface area contributed by atoms with Gasteiger partial charge in [-0.15, -0.1) is 0 Å². The molecule has 0 radical (unpaired) electrons. The van der Waals surface area contributed by atoms with E-state index >= 15 is 0 Å². The zero-order valence-electron chi connectivity index (χ0n) is 32.7. The SMILES string of the molecule is c1ccc(-c2nc(-c3ccccc3)nc(-c3ccc4c5c(cccc35)-c3ccc(-n5c6ccccc6c6cc7c8ccccc8n(-c8ccccc8)c7cc65)cc3O4)n2)cc1. The van der Waals surface area contributed by atoms with Crippen molar-refractivity contribution in [3.05, 3.63) is 200 Å². The average Bonchev–Trinajstić information content (AvgIpc) is 3.83. The second-order valence-electron chi connectivity index (χ2n) is 15.6. The van der Waals surface area contributed by atoms with Gasteiger partial charge >= 0.3 is 0 Å². The Morgan fingerprint density at radius 2 is 0.852 bits per heavy atom. The highest BCUT2D eigenvalue weighted by atomic mass is 16.5. The summed E-state index contributed by atoms with van der Waals surface area (Å²) in [6.45, 7) is 0. The molecule has 0 aliphatic carbocycles. The Morgan fingerprint density at radius 3 is 1.51 bits per heavy atom. The normalized spacial score (nSPS) is 12.1. The van der Waals surface area contributed by atoms with E-state index in [1.165, 1.54) is 32.6 Å². The van der Waals surface area contributed by atoms with E-state index in [1.54, 1.807) is 0 Å². The van der Waals surface area contributed by atoms with E-state index in [0.717, 1.165) is 72.5 Å². The third-order valence-electron chi connectivity index (χ3n) is 12.2. The maximum atomic E-state index is 6.91. The highest BCUT2D eigenvalue weighted by molar-refractivity contribution is 6.19. The summed E-state index contributed by atoms with van der Waals surface area (Å²) in [7, 11) is 0. The summed E-state index contributed by atoms with van der Waals surface area (Å²) >= 11 is 0. The van der Waals surface area contributed by atoms with Crippen LogP contribution in [0.15, 0.2) is 200 Å². The van der Waals surface area contributed by atoms with Gasteiger partial charge in [0.25, 0.3) is 0 Å². The van der Waals surface area contributed by atoms with E-state index in [9.17, 15) is 0 Å². The van der Waals surface area contributed by atoms with Crippen molar-refractivity contribution >= 4 is 54.4 Å². The van der Waals surface area contributed by atoms with Gasteiger partial charge in [0, 0.05) is 66.6 Å². The molecule has 0 spiro atoms. The zero-order chi connectivity index (χ0) is 40.0. The van der Waals surface area contributed by atoms with Gasteiger partial charge in [0.05, 0.1) is 22.1 Å². The third-order valence-corrected chi connectivity index (χ3v) is 12.2. The van der Waals surface area contributed by atoms with Gasteiger partial charge in [-0.3, -0.25) is 0 Å². The van der Waals surface area contributed by atoms with E-state index in [2.05, 4.69) is 149 Å². The summed E-state index contributed by atoms with van der Waals surface area (Å²) in [5, 5.41) is 6.95. The van der Waals surface area contributed by atoms with Crippen molar-refractivity contribution in [2.75, 3.05) is 0 Å². The number of ether oxygens (including phenoxy) is 1. The van der Waals surface area contributed by atoms with Gasteiger partial charge in [-0.25, -0.2) is 15.0 Å². The van der Waals surface area contributed by atoms with Crippen molar-refractivity contribution in [1.82, 2.24) is 24.1 Å². The van der Waals surface area contributed by atoms with Crippen LogP contribution in [0, 0.1) is 0 Å². The number of para-hydroxylation sites is 3. The van der Waals surface area contributed by atoms with E-state index in [1.807, 2.05) is 60.7 Å². The third kappa shape index (κ3) is 5.12. The first kappa shape index (κ1) is 33.6. The van der Waals surface area contributed by atoms with Gasteiger partial charge in [0.1, 0.15) is 11.5 Å². The van der Waals surface area contributed by atoms with Crippen LogP contribution in [0.1, 0.15) is 0 Å². The van der Waals surface area contributed by atoms with Crippen molar-refractivity contribution in [3.63, 3.8) is 0 Å². The molecule has 0 amide bonds. The quantitative estimate of drug-likeness (QED) is 0.175. The average molecular weight is 780 g/mol. The van der Waals surface area contributed by atoms with Gasteiger partial charge in [0.2, 0.25) is 0 Å². The molecule has 12 aromatic rings. The Labute approximate surface area is 350 Å². The predicted octanol–water partition coefficient (Wildman–Crippen LogP) is 14.0. The molecule has 0 atom stereocenters. The highest BCUT2D eigenvalue weighted by Gasteiger charge is 2.25. The first-order chi connectivity index (χ1) is 30.2. The van der Waals surface area contributed by atoms with Crippen LogP contribution in [-0.2, 0) is 0 Å².